The van der Waals surface area contributed by atoms with Crippen LogP contribution in [0.1, 0.15) is 23.8 Å². The number of benzene rings is 1. The summed E-state index contributed by atoms with van der Waals surface area (Å²) < 4.78 is 2.40. The molecule has 0 saturated heterocycles. The van der Waals surface area contributed by atoms with Gasteiger partial charge in [-0.25, -0.2) is 4.98 Å². The van der Waals surface area contributed by atoms with Crippen LogP contribution in [0.5, 0.6) is 0 Å². The molecule has 1 aliphatic carbocycles. The van der Waals surface area contributed by atoms with Gasteiger partial charge in [-0.15, -0.1) is 11.3 Å². The van der Waals surface area contributed by atoms with E-state index in [2.05, 4.69) is 16.5 Å². The van der Waals surface area contributed by atoms with Gasteiger partial charge in [0, 0.05) is 18.2 Å². The van der Waals surface area contributed by atoms with Gasteiger partial charge in [-0.1, -0.05) is 24.3 Å². The van der Waals surface area contributed by atoms with Gasteiger partial charge in [0.05, 0.1) is 21.1 Å². The normalized spacial score (nSPS) is 19.3. The summed E-state index contributed by atoms with van der Waals surface area (Å²) in [6.45, 7) is -0.240. The van der Waals surface area contributed by atoms with E-state index in [1.165, 1.54) is 10.9 Å². The minimum atomic E-state index is -0.982. The van der Waals surface area contributed by atoms with Gasteiger partial charge >= 0.3 is 5.97 Å². The van der Waals surface area contributed by atoms with Gasteiger partial charge in [0.15, 0.2) is 5.82 Å². The lowest BCUT2D eigenvalue weighted by Crippen LogP contribution is -2.29. The summed E-state index contributed by atoms with van der Waals surface area (Å²) in [6, 6.07) is 9.58. The molecule has 0 saturated carbocycles. The predicted molar refractivity (Wildman–Crippen MR) is 103 cm³/mol. The number of carboxylic acids is 1. The lowest BCUT2D eigenvalue weighted by molar-refractivity contribution is -0.137. The van der Waals surface area contributed by atoms with E-state index in [1.807, 2.05) is 30.3 Å². The summed E-state index contributed by atoms with van der Waals surface area (Å²) in [5, 5.41) is 16.7. The quantitative estimate of drug-likeness (QED) is 0.660. The van der Waals surface area contributed by atoms with Crippen LogP contribution in [-0.4, -0.2) is 31.7 Å². The molecule has 0 bridgehead atoms. The van der Waals surface area contributed by atoms with Gasteiger partial charge in [0.2, 0.25) is 5.91 Å². The third-order valence-electron chi connectivity index (χ3n) is 4.59. The van der Waals surface area contributed by atoms with Gasteiger partial charge in [-0.05, 0) is 25.0 Å². The molecule has 0 radical (unpaired) electrons. The average molecular weight is 382 g/mol. The maximum absolute atomic E-state index is 12.9. The Balaban J connectivity index is 1.53. The second-order valence-corrected chi connectivity index (χ2v) is 7.52. The first-order valence-electron chi connectivity index (χ1n) is 8.67. The Morgan fingerprint density at radius 1 is 1.22 bits per heavy atom. The Labute approximate surface area is 159 Å². The van der Waals surface area contributed by atoms with Crippen LogP contribution < -0.4 is 5.32 Å². The first-order valence-corrected chi connectivity index (χ1v) is 9.48. The molecule has 8 heteroatoms. The zero-order valence-electron chi connectivity index (χ0n) is 14.4. The Hall–Kier alpha value is -3.00. The van der Waals surface area contributed by atoms with Crippen LogP contribution >= 0.6 is 11.3 Å². The highest BCUT2D eigenvalue weighted by Crippen LogP contribution is 2.38. The summed E-state index contributed by atoms with van der Waals surface area (Å²) >= 11 is 1.63. The molecule has 2 atom stereocenters. The molecule has 1 amide bonds. The molecule has 2 N–H and O–H groups in total. The number of carboxylic acid groups (broad SMARTS) is 1. The number of rotatable bonds is 5. The van der Waals surface area contributed by atoms with Gasteiger partial charge < -0.3 is 10.4 Å². The second kappa shape index (κ2) is 7.32. The molecule has 0 spiro atoms. The van der Waals surface area contributed by atoms with E-state index in [0.29, 0.717) is 12.2 Å². The number of carbonyl (C=O) groups is 2. The minimum absolute atomic E-state index is 0.0218. The van der Waals surface area contributed by atoms with E-state index < -0.39 is 5.97 Å². The fourth-order valence-corrected chi connectivity index (χ4v) is 4.45. The molecule has 138 valence electrons. The van der Waals surface area contributed by atoms with Gasteiger partial charge in [0.1, 0.15) is 6.54 Å². The van der Waals surface area contributed by atoms with Crippen molar-refractivity contribution >= 4 is 39.2 Å². The average Bonchev–Trinajstić information content (AvgIpc) is 3.27. The number of hydrogen-bond acceptors (Lipinski definition) is 5. The summed E-state index contributed by atoms with van der Waals surface area (Å²) in [5.41, 5.74) is 0.957. The van der Waals surface area contributed by atoms with E-state index in [1.54, 1.807) is 17.4 Å². The third kappa shape index (κ3) is 3.75. The van der Waals surface area contributed by atoms with Crippen molar-refractivity contribution in [3.8, 4) is 0 Å². The molecule has 1 aromatic carbocycles. The summed E-state index contributed by atoms with van der Waals surface area (Å²) in [7, 11) is 0. The molecule has 4 rings (SSSR count). The molecule has 2 heterocycles. The van der Waals surface area contributed by atoms with Crippen LogP contribution in [0.3, 0.4) is 0 Å². The van der Waals surface area contributed by atoms with Gasteiger partial charge in [0.25, 0.3) is 0 Å². The summed E-state index contributed by atoms with van der Waals surface area (Å²) in [6.07, 6.45) is 7.07. The highest BCUT2D eigenvalue weighted by Gasteiger charge is 2.32. The Morgan fingerprint density at radius 2 is 2.04 bits per heavy atom. The number of allylic oxidation sites excluding steroid dienone is 2. The predicted octanol–water partition coefficient (Wildman–Crippen LogP) is 3.27. The largest absolute Gasteiger partial charge is 0.480 e. The maximum Gasteiger partial charge on any atom is 0.325 e. The van der Waals surface area contributed by atoms with E-state index >= 15 is 0 Å². The van der Waals surface area contributed by atoms with Crippen molar-refractivity contribution in [2.45, 2.75) is 25.3 Å². The lowest BCUT2D eigenvalue weighted by atomic mass is 9.82. The SMILES string of the molecule is O=C(O)Cn1ccc(NC(=O)C2CC=CCC2c2nc3ccccc3s2)n1. The number of amides is 1. The number of aliphatic carboxylic acids is 1. The van der Waals surface area contributed by atoms with Crippen LogP contribution in [0.15, 0.2) is 48.7 Å². The fraction of sp³-hybridized carbons (Fsp3) is 0.263. The molecule has 0 fully saturated rings. The fourth-order valence-electron chi connectivity index (χ4n) is 3.30. The molecule has 3 aromatic rings. The Kier molecular flexibility index (Phi) is 4.72. The zero-order chi connectivity index (χ0) is 18.8. The van der Waals surface area contributed by atoms with Crippen LogP contribution in [0, 0.1) is 5.92 Å². The van der Waals surface area contributed by atoms with Gasteiger partial charge in [-0.3, -0.25) is 14.3 Å². The summed E-state index contributed by atoms with van der Waals surface area (Å²) in [4.78, 5) is 28.4. The topological polar surface area (TPSA) is 97.1 Å². The van der Waals surface area contributed by atoms with Crippen molar-refractivity contribution in [2.75, 3.05) is 5.32 Å². The molecule has 1 aliphatic rings. The molecule has 2 aromatic heterocycles. The number of nitrogens with zero attached hydrogens (tertiary/aromatic N) is 3. The Bertz CT molecular complexity index is 990. The van der Waals surface area contributed by atoms with Crippen LogP contribution in [-0.2, 0) is 16.1 Å². The smallest absolute Gasteiger partial charge is 0.325 e. The maximum atomic E-state index is 12.9. The molecular formula is C19H18N4O3S. The lowest BCUT2D eigenvalue weighted by Gasteiger charge is -2.25. The molecular weight excluding hydrogens is 364 g/mol. The van der Waals surface area contributed by atoms with E-state index in [4.69, 9.17) is 10.1 Å². The van der Waals surface area contributed by atoms with E-state index in [-0.39, 0.29) is 24.3 Å². The van der Waals surface area contributed by atoms with Crippen molar-refractivity contribution in [2.24, 2.45) is 5.92 Å². The summed E-state index contributed by atoms with van der Waals surface area (Å²) in [5.74, 6) is -0.957. The van der Waals surface area contributed by atoms with Crippen molar-refractivity contribution in [3.05, 3.63) is 53.7 Å². The standard InChI is InChI=1S/C19H18N4O3S/c24-17(25)11-23-10-9-16(22-23)21-18(26)12-5-1-2-6-13(12)19-20-14-7-3-4-8-15(14)27-19/h1-4,7-10,12-13H,5-6,11H2,(H,24,25)(H,21,22,26). The highest BCUT2D eigenvalue weighted by molar-refractivity contribution is 7.18. The van der Waals surface area contributed by atoms with Crippen molar-refractivity contribution in [1.29, 1.82) is 0 Å². The van der Waals surface area contributed by atoms with Crippen LogP contribution in [0.25, 0.3) is 10.2 Å². The van der Waals surface area contributed by atoms with E-state index in [9.17, 15) is 9.59 Å². The minimum Gasteiger partial charge on any atom is -0.480 e. The Morgan fingerprint density at radius 3 is 2.85 bits per heavy atom. The third-order valence-corrected chi connectivity index (χ3v) is 5.75. The molecule has 2 unspecified atom stereocenters. The highest BCUT2D eigenvalue weighted by atomic mass is 32.1. The van der Waals surface area contributed by atoms with Crippen LogP contribution in [0.2, 0.25) is 0 Å². The number of thiazole rings is 1. The number of fused-ring (bicyclic) bond motifs is 1. The monoisotopic (exact) mass is 382 g/mol. The molecule has 27 heavy (non-hydrogen) atoms. The second-order valence-electron chi connectivity index (χ2n) is 6.46. The number of hydrogen-bond donors (Lipinski definition) is 2. The number of para-hydroxylation sites is 1. The number of aromatic nitrogens is 3. The zero-order valence-corrected chi connectivity index (χ0v) is 15.2. The molecule has 0 aliphatic heterocycles. The first kappa shape index (κ1) is 17.4. The number of nitrogens with one attached hydrogen (secondary N) is 1. The van der Waals surface area contributed by atoms with Gasteiger partial charge in [-0.2, -0.15) is 5.10 Å². The van der Waals surface area contributed by atoms with Crippen molar-refractivity contribution < 1.29 is 14.7 Å². The van der Waals surface area contributed by atoms with E-state index in [0.717, 1.165) is 21.6 Å². The van der Waals surface area contributed by atoms with Crippen molar-refractivity contribution in [1.82, 2.24) is 14.8 Å². The van der Waals surface area contributed by atoms with Crippen LogP contribution in [0.4, 0.5) is 5.82 Å². The number of carbonyl (C=O) groups excluding carboxylic acids is 1. The first-order chi connectivity index (χ1) is 13.1. The van der Waals surface area contributed by atoms with Crippen molar-refractivity contribution in [3.63, 3.8) is 0 Å². The number of anilines is 1. The molecule has 7 nitrogen and oxygen atoms in total.